The number of amides is 2. The van der Waals surface area contributed by atoms with Crippen molar-refractivity contribution < 1.29 is 14.7 Å². The van der Waals surface area contributed by atoms with Gasteiger partial charge in [0.15, 0.2) is 11.0 Å². The van der Waals surface area contributed by atoms with Gasteiger partial charge < -0.3 is 20.3 Å². The van der Waals surface area contributed by atoms with Crippen LogP contribution in [0.25, 0.3) is 0 Å². The molecule has 0 aliphatic carbocycles. The molecule has 0 aliphatic heterocycles. The maximum atomic E-state index is 12.5. The van der Waals surface area contributed by atoms with Gasteiger partial charge >= 0.3 is 0 Å². The minimum atomic E-state index is -0.707. The molecule has 9 heteroatoms. The number of nitrogens with one attached hydrogen (secondary N) is 2. The molecule has 3 N–H and O–H groups in total. The van der Waals surface area contributed by atoms with Crippen molar-refractivity contribution in [3.8, 4) is 0 Å². The molecular formula is C22H25N5O3S. The molecule has 8 nitrogen and oxygen atoms in total. The van der Waals surface area contributed by atoms with Gasteiger partial charge in [-0.1, -0.05) is 60.3 Å². The highest BCUT2D eigenvalue weighted by atomic mass is 32.2. The van der Waals surface area contributed by atoms with Gasteiger partial charge in [0.2, 0.25) is 5.91 Å². The van der Waals surface area contributed by atoms with E-state index in [2.05, 4.69) is 20.8 Å². The Hall–Kier alpha value is -3.17. The molecule has 162 valence electrons. The molecule has 31 heavy (non-hydrogen) atoms. The first kappa shape index (κ1) is 22.5. The lowest BCUT2D eigenvalue weighted by Crippen LogP contribution is -2.32. The SMILES string of the molecule is CCn1c(SCC(=O)NCc2ccccc2)nnc1[C@H](CO)NC(=O)c1ccccc1. The standard InChI is InChI=1S/C22H25N5O3S/c1-2-27-20(18(14-28)24-21(30)17-11-7-4-8-12-17)25-26-22(27)31-15-19(29)23-13-16-9-5-3-6-10-16/h3-12,18,28H,2,13-15H2,1H3,(H,23,29)(H,24,30)/t18-/m0/s1. The highest BCUT2D eigenvalue weighted by Gasteiger charge is 2.23. The average molecular weight is 440 g/mol. The molecule has 0 saturated carbocycles. The van der Waals surface area contributed by atoms with E-state index < -0.39 is 6.04 Å². The first-order valence-corrected chi connectivity index (χ1v) is 10.9. The number of nitrogens with zero attached hydrogens (tertiary/aromatic N) is 3. The molecule has 2 aromatic carbocycles. The van der Waals surface area contributed by atoms with Gasteiger partial charge in [-0.3, -0.25) is 9.59 Å². The zero-order valence-corrected chi connectivity index (χ0v) is 18.0. The average Bonchev–Trinajstić information content (AvgIpc) is 3.23. The van der Waals surface area contributed by atoms with E-state index in [1.165, 1.54) is 11.8 Å². The quantitative estimate of drug-likeness (QED) is 0.418. The Labute approximate surface area is 185 Å². The van der Waals surface area contributed by atoms with Gasteiger partial charge in [-0.15, -0.1) is 10.2 Å². The summed E-state index contributed by atoms with van der Waals surface area (Å²) < 4.78 is 1.79. The lowest BCUT2D eigenvalue weighted by atomic mass is 10.2. The van der Waals surface area contributed by atoms with Crippen LogP contribution in [0.3, 0.4) is 0 Å². The van der Waals surface area contributed by atoms with Crippen LogP contribution in [-0.4, -0.2) is 44.0 Å². The van der Waals surface area contributed by atoms with Crippen molar-refractivity contribution in [3.05, 3.63) is 77.6 Å². The predicted octanol–water partition coefficient (Wildman–Crippen LogP) is 2.17. The van der Waals surface area contributed by atoms with Crippen LogP contribution in [0, 0.1) is 0 Å². The number of aliphatic hydroxyl groups is 1. The van der Waals surface area contributed by atoms with Crippen molar-refractivity contribution in [1.82, 2.24) is 25.4 Å². The number of carbonyl (C=O) groups is 2. The second-order valence-electron chi connectivity index (χ2n) is 6.71. The summed E-state index contributed by atoms with van der Waals surface area (Å²) in [6, 6.07) is 17.7. The van der Waals surface area contributed by atoms with Crippen LogP contribution in [0.2, 0.25) is 0 Å². The molecule has 1 heterocycles. The predicted molar refractivity (Wildman–Crippen MR) is 118 cm³/mol. The summed E-state index contributed by atoms with van der Waals surface area (Å²) in [7, 11) is 0. The van der Waals surface area contributed by atoms with Crippen LogP contribution in [0.15, 0.2) is 65.8 Å². The zero-order chi connectivity index (χ0) is 22.1. The monoisotopic (exact) mass is 439 g/mol. The summed E-state index contributed by atoms with van der Waals surface area (Å²) in [6.45, 7) is 2.59. The molecule has 0 radical (unpaired) electrons. The number of carbonyl (C=O) groups excluding carboxylic acids is 2. The van der Waals surface area contributed by atoms with Crippen molar-refractivity contribution in [2.75, 3.05) is 12.4 Å². The fourth-order valence-corrected chi connectivity index (χ4v) is 3.80. The van der Waals surface area contributed by atoms with Gasteiger partial charge in [-0.25, -0.2) is 0 Å². The number of thioether (sulfide) groups is 1. The fourth-order valence-electron chi connectivity index (χ4n) is 2.96. The highest BCUT2D eigenvalue weighted by Crippen LogP contribution is 2.21. The van der Waals surface area contributed by atoms with E-state index in [9.17, 15) is 14.7 Å². The van der Waals surface area contributed by atoms with Crippen LogP contribution >= 0.6 is 11.8 Å². The summed E-state index contributed by atoms with van der Waals surface area (Å²) in [5.41, 5.74) is 1.52. The lowest BCUT2D eigenvalue weighted by molar-refractivity contribution is -0.118. The Kier molecular flexibility index (Phi) is 8.19. The smallest absolute Gasteiger partial charge is 0.251 e. The Bertz CT molecular complexity index is 995. The second-order valence-corrected chi connectivity index (χ2v) is 7.65. The molecule has 0 spiro atoms. The third kappa shape index (κ3) is 6.16. The van der Waals surface area contributed by atoms with Gasteiger partial charge in [-0.05, 0) is 24.6 Å². The molecule has 0 unspecified atom stereocenters. The molecule has 0 bridgehead atoms. The number of hydrogen-bond donors (Lipinski definition) is 3. The Morgan fingerprint density at radius 2 is 1.74 bits per heavy atom. The van der Waals surface area contributed by atoms with E-state index in [4.69, 9.17) is 0 Å². The fraction of sp³-hybridized carbons (Fsp3) is 0.273. The molecule has 1 atom stereocenters. The van der Waals surface area contributed by atoms with Gasteiger partial charge in [0.1, 0.15) is 6.04 Å². The van der Waals surface area contributed by atoms with Crippen molar-refractivity contribution in [3.63, 3.8) is 0 Å². The molecule has 2 amide bonds. The number of benzene rings is 2. The summed E-state index contributed by atoms with van der Waals surface area (Å²) >= 11 is 1.26. The minimum Gasteiger partial charge on any atom is -0.394 e. The van der Waals surface area contributed by atoms with Crippen LogP contribution in [-0.2, 0) is 17.9 Å². The van der Waals surface area contributed by atoms with E-state index >= 15 is 0 Å². The number of aliphatic hydroxyl groups excluding tert-OH is 1. The molecule has 0 fully saturated rings. The van der Waals surface area contributed by atoms with Crippen molar-refractivity contribution in [2.45, 2.75) is 31.2 Å². The van der Waals surface area contributed by atoms with Crippen LogP contribution in [0.1, 0.15) is 34.7 Å². The summed E-state index contributed by atoms with van der Waals surface area (Å²) in [6.07, 6.45) is 0. The third-order valence-corrected chi connectivity index (χ3v) is 5.53. The summed E-state index contributed by atoms with van der Waals surface area (Å²) in [5, 5.41) is 24.4. The summed E-state index contributed by atoms with van der Waals surface area (Å²) in [5.74, 6) is 0.212. The van der Waals surface area contributed by atoms with Gasteiger partial charge in [0.25, 0.3) is 5.91 Å². The Morgan fingerprint density at radius 3 is 2.39 bits per heavy atom. The molecule has 3 rings (SSSR count). The topological polar surface area (TPSA) is 109 Å². The molecule has 3 aromatic rings. The number of aromatic nitrogens is 3. The minimum absolute atomic E-state index is 0.114. The highest BCUT2D eigenvalue weighted by molar-refractivity contribution is 7.99. The van der Waals surface area contributed by atoms with Crippen molar-refractivity contribution >= 4 is 23.6 Å². The molecule has 1 aromatic heterocycles. The zero-order valence-electron chi connectivity index (χ0n) is 17.2. The third-order valence-electron chi connectivity index (χ3n) is 4.56. The van der Waals surface area contributed by atoms with E-state index in [-0.39, 0.29) is 24.2 Å². The molecular weight excluding hydrogens is 414 g/mol. The van der Waals surface area contributed by atoms with E-state index in [1.807, 2.05) is 43.3 Å². The molecule has 0 aliphatic rings. The maximum absolute atomic E-state index is 12.5. The van der Waals surface area contributed by atoms with Gasteiger partial charge in [-0.2, -0.15) is 0 Å². The first-order chi connectivity index (χ1) is 15.1. The number of rotatable bonds is 10. The van der Waals surface area contributed by atoms with E-state index in [0.29, 0.717) is 29.6 Å². The summed E-state index contributed by atoms with van der Waals surface area (Å²) in [4.78, 5) is 24.7. The first-order valence-electron chi connectivity index (χ1n) is 9.95. The van der Waals surface area contributed by atoms with Crippen LogP contribution < -0.4 is 10.6 Å². The normalized spacial score (nSPS) is 11.7. The Balaban J connectivity index is 1.61. The maximum Gasteiger partial charge on any atom is 0.251 e. The van der Waals surface area contributed by atoms with E-state index in [1.54, 1.807) is 28.8 Å². The van der Waals surface area contributed by atoms with E-state index in [0.717, 1.165) is 5.56 Å². The van der Waals surface area contributed by atoms with Crippen molar-refractivity contribution in [1.29, 1.82) is 0 Å². The second kappa shape index (κ2) is 11.3. The Morgan fingerprint density at radius 1 is 1.06 bits per heavy atom. The molecule has 0 saturated heterocycles. The van der Waals surface area contributed by atoms with Crippen molar-refractivity contribution in [2.24, 2.45) is 0 Å². The van der Waals surface area contributed by atoms with Gasteiger partial charge in [0.05, 0.1) is 12.4 Å². The van der Waals surface area contributed by atoms with Gasteiger partial charge in [0, 0.05) is 18.7 Å². The van der Waals surface area contributed by atoms with Crippen LogP contribution in [0.4, 0.5) is 0 Å². The lowest BCUT2D eigenvalue weighted by Gasteiger charge is -2.17. The van der Waals surface area contributed by atoms with Crippen LogP contribution in [0.5, 0.6) is 0 Å². The largest absolute Gasteiger partial charge is 0.394 e. The number of hydrogen-bond acceptors (Lipinski definition) is 6.